The highest BCUT2D eigenvalue weighted by molar-refractivity contribution is 14.0. The molecule has 0 saturated carbocycles. The summed E-state index contributed by atoms with van der Waals surface area (Å²) in [5, 5.41) is 20.6. The Balaban J connectivity index is 0.00000338. The predicted octanol–water partition coefficient (Wildman–Crippen LogP) is 2.28. The van der Waals surface area contributed by atoms with Gasteiger partial charge in [0.15, 0.2) is 5.96 Å². The van der Waals surface area contributed by atoms with Gasteiger partial charge in [0.05, 0.1) is 19.3 Å². The minimum absolute atomic E-state index is 0. The highest BCUT2D eigenvalue weighted by Crippen LogP contribution is 2.18. The van der Waals surface area contributed by atoms with Gasteiger partial charge in [-0.3, -0.25) is 4.68 Å². The minimum Gasteiger partial charge on any atom is -0.383 e. The van der Waals surface area contributed by atoms with Gasteiger partial charge in [-0.05, 0) is 32.0 Å². The fourth-order valence-electron chi connectivity index (χ4n) is 2.23. The van der Waals surface area contributed by atoms with Crippen molar-refractivity contribution in [2.75, 3.05) is 13.1 Å². The molecule has 0 aliphatic rings. The largest absolute Gasteiger partial charge is 0.383 e. The zero-order valence-electron chi connectivity index (χ0n) is 15.0. The molecular formula is C17H24F2IN5O. The Morgan fingerprint density at radius 2 is 2.08 bits per heavy atom. The van der Waals surface area contributed by atoms with Crippen LogP contribution in [0.25, 0.3) is 0 Å². The van der Waals surface area contributed by atoms with Crippen LogP contribution >= 0.6 is 24.0 Å². The number of aryl methyl sites for hydroxylation is 1. The molecule has 3 N–H and O–H groups in total. The summed E-state index contributed by atoms with van der Waals surface area (Å²) in [5.74, 6) is -0.622. The number of aliphatic imine (C=N–C) groups is 1. The number of rotatable bonds is 6. The van der Waals surface area contributed by atoms with E-state index < -0.39 is 17.2 Å². The molecule has 1 aromatic carbocycles. The van der Waals surface area contributed by atoms with Crippen LogP contribution in [-0.4, -0.2) is 33.9 Å². The molecule has 2 aromatic rings. The molecule has 1 unspecified atom stereocenters. The Morgan fingerprint density at radius 3 is 2.69 bits per heavy atom. The smallest absolute Gasteiger partial charge is 0.191 e. The van der Waals surface area contributed by atoms with E-state index in [1.807, 2.05) is 6.92 Å². The molecule has 1 aromatic heterocycles. The number of hydrogen-bond donors (Lipinski definition) is 3. The van der Waals surface area contributed by atoms with Crippen LogP contribution in [0.5, 0.6) is 0 Å². The van der Waals surface area contributed by atoms with Gasteiger partial charge >= 0.3 is 0 Å². The lowest BCUT2D eigenvalue weighted by atomic mass is 10.00. The average molecular weight is 479 g/mol. The van der Waals surface area contributed by atoms with Gasteiger partial charge in [-0.1, -0.05) is 0 Å². The summed E-state index contributed by atoms with van der Waals surface area (Å²) in [5.41, 5.74) is -0.333. The van der Waals surface area contributed by atoms with Crippen molar-refractivity contribution in [3.8, 4) is 0 Å². The van der Waals surface area contributed by atoms with Crippen molar-refractivity contribution in [1.82, 2.24) is 20.4 Å². The Bertz CT molecular complexity index is 749. The van der Waals surface area contributed by atoms with E-state index in [4.69, 9.17) is 0 Å². The number of nitrogens with zero attached hydrogens (tertiary/aromatic N) is 3. The second-order valence-corrected chi connectivity index (χ2v) is 5.96. The van der Waals surface area contributed by atoms with Crippen molar-refractivity contribution in [3.63, 3.8) is 0 Å². The van der Waals surface area contributed by atoms with E-state index in [1.54, 1.807) is 31.0 Å². The molecule has 0 spiro atoms. The van der Waals surface area contributed by atoms with E-state index in [-0.39, 0.29) is 42.6 Å². The normalized spacial score (nSPS) is 13.7. The number of benzene rings is 1. The zero-order valence-corrected chi connectivity index (χ0v) is 17.3. The summed E-state index contributed by atoms with van der Waals surface area (Å²) in [6.07, 6.45) is 3.32. The minimum atomic E-state index is -1.16. The van der Waals surface area contributed by atoms with Crippen molar-refractivity contribution in [2.24, 2.45) is 12.0 Å². The van der Waals surface area contributed by atoms with Crippen LogP contribution in [0.2, 0.25) is 0 Å². The predicted molar refractivity (Wildman–Crippen MR) is 107 cm³/mol. The molecule has 0 aliphatic carbocycles. The molecule has 144 valence electrons. The second-order valence-electron chi connectivity index (χ2n) is 5.96. The second kappa shape index (κ2) is 9.81. The zero-order chi connectivity index (χ0) is 18.4. The van der Waals surface area contributed by atoms with Crippen molar-refractivity contribution in [3.05, 3.63) is 53.4 Å². The molecule has 0 fully saturated rings. The van der Waals surface area contributed by atoms with E-state index in [0.717, 1.165) is 18.2 Å². The number of hydrogen-bond acceptors (Lipinski definition) is 3. The van der Waals surface area contributed by atoms with Crippen molar-refractivity contribution >= 4 is 29.9 Å². The van der Waals surface area contributed by atoms with E-state index in [0.29, 0.717) is 18.1 Å². The van der Waals surface area contributed by atoms with Gasteiger partial charge in [-0.25, -0.2) is 13.8 Å². The molecule has 26 heavy (non-hydrogen) atoms. The summed E-state index contributed by atoms with van der Waals surface area (Å²) in [6, 6.07) is 3.26. The molecule has 0 amide bonds. The van der Waals surface area contributed by atoms with Gasteiger partial charge in [-0.2, -0.15) is 5.10 Å². The summed E-state index contributed by atoms with van der Waals surface area (Å²) in [4.78, 5) is 4.24. The maximum Gasteiger partial charge on any atom is 0.191 e. The SMILES string of the molecule is CCNC(=NCc1cc(F)ccc1F)NCC(C)(O)c1cnn(C)c1.I. The monoisotopic (exact) mass is 479 g/mol. The van der Waals surface area contributed by atoms with Gasteiger partial charge in [0, 0.05) is 30.9 Å². The van der Waals surface area contributed by atoms with Crippen LogP contribution in [0.3, 0.4) is 0 Å². The van der Waals surface area contributed by atoms with E-state index in [1.165, 1.54) is 0 Å². The van der Waals surface area contributed by atoms with Crippen LogP contribution < -0.4 is 10.6 Å². The third-order valence-electron chi connectivity index (χ3n) is 3.69. The average Bonchev–Trinajstić information content (AvgIpc) is 3.00. The first-order valence-corrected chi connectivity index (χ1v) is 7.99. The fourth-order valence-corrected chi connectivity index (χ4v) is 2.23. The maximum atomic E-state index is 13.7. The molecule has 1 atom stereocenters. The first-order chi connectivity index (χ1) is 11.8. The quantitative estimate of drug-likeness (QED) is 0.338. The third-order valence-corrected chi connectivity index (χ3v) is 3.69. The molecule has 0 saturated heterocycles. The number of halogens is 3. The molecule has 0 bridgehead atoms. The lowest BCUT2D eigenvalue weighted by Gasteiger charge is -2.23. The van der Waals surface area contributed by atoms with Crippen LogP contribution in [0.15, 0.2) is 35.6 Å². The van der Waals surface area contributed by atoms with Gasteiger partial charge in [0.1, 0.15) is 17.2 Å². The van der Waals surface area contributed by atoms with E-state index in [9.17, 15) is 13.9 Å². The highest BCUT2D eigenvalue weighted by atomic mass is 127. The van der Waals surface area contributed by atoms with Crippen molar-refractivity contribution < 1.29 is 13.9 Å². The van der Waals surface area contributed by atoms with Gasteiger partial charge in [-0.15, -0.1) is 24.0 Å². The Hall–Kier alpha value is -1.75. The number of guanidine groups is 1. The van der Waals surface area contributed by atoms with Crippen molar-refractivity contribution in [2.45, 2.75) is 26.0 Å². The summed E-state index contributed by atoms with van der Waals surface area (Å²) in [6.45, 7) is 4.29. The summed E-state index contributed by atoms with van der Waals surface area (Å²) >= 11 is 0. The van der Waals surface area contributed by atoms with Crippen LogP contribution in [0.1, 0.15) is 25.0 Å². The lowest BCUT2D eigenvalue weighted by molar-refractivity contribution is 0.0616. The molecule has 9 heteroatoms. The van der Waals surface area contributed by atoms with Gasteiger partial charge < -0.3 is 15.7 Å². The standard InChI is InChI=1S/C17H23F2N5O.HI/c1-4-20-16(21-8-12-7-14(18)5-6-15(12)19)22-11-17(2,25)13-9-23-24(3)10-13;/h5-7,9-10,25H,4,8,11H2,1-3H3,(H2,20,21,22);1H. The first-order valence-electron chi connectivity index (χ1n) is 7.99. The number of nitrogens with one attached hydrogen (secondary N) is 2. The van der Waals surface area contributed by atoms with E-state index in [2.05, 4.69) is 20.7 Å². The van der Waals surface area contributed by atoms with Crippen LogP contribution in [0.4, 0.5) is 8.78 Å². The highest BCUT2D eigenvalue weighted by Gasteiger charge is 2.25. The Kier molecular flexibility index (Phi) is 8.41. The first kappa shape index (κ1) is 22.3. The summed E-state index contributed by atoms with van der Waals surface area (Å²) in [7, 11) is 1.77. The fraction of sp³-hybridized carbons (Fsp3) is 0.412. The Labute approximate surface area is 168 Å². The molecule has 1 heterocycles. The van der Waals surface area contributed by atoms with Gasteiger partial charge in [0.25, 0.3) is 0 Å². The number of aliphatic hydroxyl groups is 1. The lowest BCUT2D eigenvalue weighted by Crippen LogP contribution is -2.44. The molecule has 0 aliphatic heterocycles. The third kappa shape index (κ3) is 6.20. The topological polar surface area (TPSA) is 74.5 Å². The molecular weight excluding hydrogens is 455 g/mol. The molecule has 0 radical (unpaired) electrons. The molecule has 6 nitrogen and oxygen atoms in total. The number of aromatic nitrogens is 2. The summed E-state index contributed by atoms with van der Waals surface area (Å²) < 4.78 is 28.5. The Morgan fingerprint density at radius 1 is 1.35 bits per heavy atom. The van der Waals surface area contributed by atoms with Crippen LogP contribution in [-0.2, 0) is 19.2 Å². The van der Waals surface area contributed by atoms with Crippen molar-refractivity contribution in [1.29, 1.82) is 0 Å². The van der Waals surface area contributed by atoms with Crippen LogP contribution in [0, 0.1) is 11.6 Å². The van der Waals surface area contributed by atoms with E-state index >= 15 is 0 Å². The maximum absolute atomic E-state index is 13.7. The van der Waals surface area contributed by atoms with Gasteiger partial charge in [0.2, 0.25) is 0 Å². The molecule has 2 rings (SSSR count).